The van der Waals surface area contributed by atoms with Crippen LogP contribution in [0.15, 0.2) is 0 Å². The molecule has 0 unspecified atom stereocenters. The monoisotopic (exact) mass is 301 g/mol. The fourth-order valence-corrected chi connectivity index (χ4v) is 2.23. The van der Waals surface area contributed by atoms with Crippen LogP contribution in [0.5, 0.6) is 0 Å². The zero-order valence-electron chi connectivity index (χ0n) is 13.9. The Labute approximate surface area is 128 Å². The fraction of sp³-hybridized carbons (Fsp3) is 0.933. The number of carbonyl (C=O) groups excluding carboxylic acids is 1. The number of nitrogens with zero attached hydrogens (tertiary/aromatic N) is 2. The van der Waals surface area contributed by atoms with Gasteiger partial charge in [0.25, 0.3) is 6.47 Å². The van der Waals surface area contributed by atoms with E-state index < -0.39 is 0 Å². The normalized spacial score (nSPS) is 24.9. The number of ether oxygens (including phenoxy) is 2. The molecule has 2 rings (SSSR count). The molecule has 2 aliphatic rings. The van der Waals surface area contributed by atoms with E-state index in [1.54, 1.807) is 0 Å². The molecule has 0 spiro atoms. The van der Waals surface area contributed by atoms with Crippen molar-refractivity contribution in [1.82, 2.24) is 15.1 Å². The summed E-state index contributed by atoms with van der Waals surface area (Å²) in [7, 11) is 0. The summed E-state index contributed by atoms with van der Waals surface area (Å²) >= 11 is 0. The molecule has 0 aromatic rings. The van der Waals surface area contributed by atoms with Gasteiger partial charge >= 0.3 is 0 Å². The summed E-state index contributed by atoms with van der Waals surface area (Å²) in [5.41, 5.74) is -0.318. The van der Waals surface area contributed by atoms with Crippen LogP contribution < -0.4 is 5.32 Å². The number of nitrogens with one attached hydrogen (secondary N) is 1. The van der Waals surface area contributed by atoms with E-state index >= 15 is 0 Å². The standard InChI is InChI=1S/C10H21N3O.C5H10O2/c1-10-8-14-7-6-13(10)9-12-4-2-11-3-5-12;1-5(2,3)7-4-6/h10-11H,2-9H2,1H3;4H,1-3H3/t10-;/m1./s1. The Morgan fingerprint density at radius 2 is 1.95 bits per heavy atom. The Kier molecular flexibility index (Phi) is 8.18. The van der Waals surface area contributed by atoms with E-state index in [9.17, 15) is 4.79 Å². The van der Waals surface area contributed by atoms with Gasteiger partial charge in [-0.2, -0.15) is 0 Å². The largest absolute Gasteiger partial charge is 0.462 e. The van der Waals surface area contributed by atoms with Crippen LogP contribution >= 0.6 is 0 Å². The quantitative estimate of drug-likeness (QED) is 0.768. The first-order chi connectivity index (χ1) is 9.92. The maximum Gasteiger partial charge on any atom is 0.293 e. The number of hydrogen-bond donors (Lipinski definition) is 1. The van der Waals surface area contributed by atoms with Crippen LogP contribution in [-0.4, -0.2) is 80.5 Å². The molecule has 6 heteroatoms. The van der Waals surface area contributed by atoms with Crippen molar-refractivity contribution in [1.29, 1.82) is 0 Å². The van der Waals surface area contributed by atoms with E-state index in [-0.39, 0.29) is 5.60 Å². The van der Waals surface area contributed by atoms with Crippen molar-refractivity contribution in [3.05, 3.63) is 0 Å². The van der Waals surface area contributed by atoms with Crippen molar-refractivity contribution in [2.75, 3.05) is 52.6 Å². The molecule has 0 amide bonds. The van der Waals surface area contributed by atoms with E-state index in [1.165, 1.54) is 13.1 Å². The molecule has 0 saturated carbocycles. The Hall–Kier alpha value is -0.690. The zero-order valence-corrected chi connectivity index (χ0v) is 13.9. The maximum atomic E-state index is 9.60. The van der Waals surface area contributed by atoms with Crippen molar-refractivity contribution in [3.8, 4) is 0 Å². The lowest BCUT2D eigenvalue weighted by Crippen LogP contribution is -2.53. The van der Waals surface area contributed by atoms with Crippen LogP contribution in [0.1, 0.15) is 27.7 Å². The SMILES string of the molecule is CC(C)(C)OC=O.C[C@@H]1COCCN1CN1CCNCC1. The second-order valence-corrected chi connectivity index (χ2v) is 6.57. The summed E-state index contributed by atoms with van der Waals surface area (Å²) in [6, 6.07) is 0.582. The fourth-order valence-electron chi connectivity index (χ4n) is 2.23. The van der Waals surface area contributed by atoms with Crippen molar-refractivity contribution in [3.63, 3.8) is 0 Å². The first-order valence-corrected chi connectivity index (χ1v) is 7.78. The minimum absolute atomic E-state index is 0.318. The first-order valence-electron chi connectivity index (χ1n) is 7.78. The second kappa shape index (κ2) is 9.35. The molecule has 0 bridgehead atoms. The van der Waals surface area contributed by atoms with Crippen LogP contribution in [0.4, 0.5) is 0 Å². The van der Waals surface area contributed by atoms with E-state index in [1.807, 2.05) is 20.8 Å². The van der Waals surface area contributed by atoms with Crippen LogP contribution in [0.2, 0.25) is 0 Å². The van der Waals surface area contributed by atoms with E-state index in [0.29, 0.717) is 12.5 Å². The highest BCUT2D eigenvalue weighted by molar-refractivity contribution is 5.37. The summed E-state index contributed by atoms with van der Waals surface area (Å²) in [6.07, 6.45) is 0. The molecule has 6 nitrogen and oxygen atoms in total. The predicted octanol–water partition coefficient (Wildman–Crippen LogP) is 0.528. The van der Waals surface area contributed by atoms with Gasteiger partial charge in [-0.3, -0.25) is 14.6 Å². The molecule has 0 aromatic carbocycles. The highest BCUT2D eigenvalue weighted by Gasteiger charge is 2.21. The predicted molar refractivity (Wildman–Crippen MR) is 83.2 cm³/mol. The average molecular weight is 301 g/mol. The maximum absolute atomic E-state index is 9.60. The molecular weight excluding hydrogens is 270 g/mol. The van der Waals surface area contributed by atoms with Gasteiger partial charge in [-0.05, 0) is 27.7 Å². The van der Waals surface area contributed by atoms with Gasteiger partial charge < -0.3 is 14.8 Å². The number of hydrogen-bond acceptors (Lipinski definition) is 6. The van der Waals surface area contributed by atoms with Gasteiger partial charge in [0.15, 0.2) is 0 Å². The molecule has 1 atom stereocenters. The van der Waals surface area contributed by atoms with Crippen molar-refractivity contribution in [2.24, 2.45) is 0 Å². The molecule has 0 aromatic heterocycles. The molecule has 1 N–H and O–H groups in total. The Morgan fingerprint density at radius 3 is 2.43 bits per heavy atom. The molecular formula is C15H31N3O3. The van der Waals surface area contributed by atoms with Gasteiger partial charge in [0.2, 0.25) is 0 Å². The molecule has 2 heterocycles. The molecule has 2 aliphatic heterocycles. The van der Waals surface area contributed by atoms with Crippen LogP contribution in [0.25, 0.3) is 0 Å². The van der Waals surface area contributed by atoms with Crippen LogP contribution in [0, 0.1) is 0 Å². The highest BCUT2D eigenvalue weighted by atomic mass is 16.5. The van der Waals surface area contributed by atoms with E-state index in [0.717, 1.165) is 39.5 Å². The Balaban J connectivity index is 0.000000270. The minimum atomic E-state index is -0.318. The topological polar surface area (TPSA) is 54.0 Å². The lowest BCUT2D eigenvalue weighted by Gasteiger charge is -2.38. The number of morpholine rings is 1. The third kappa shape index (κ3) is 8.36. The zero-order chi connectivity index (χ0) is 15.7. The van der Waals surface area contributed by atoms with Crippen LogP contribution in [0.3, 0.4) is 0 Å². The summed E-state index contributed by atoms with van der Waals surface area (Å²) in [5.74, 6) is 0. The summed E-state index contributed by atoms with van der Waals surface area (Å²) in [6.45, 7) is 16.8. The van der Waals surface area contributed by atoms with Crippen LogP contribution in [-0.2, 0) is 14.3 Å². The summed E-state index contributed by atoms with van der Waals surface area (Å²) < 4.78 is 9.98. The van der Waals surface area contributed by atoms with Gasteiger partial charge in [-0.1, -0.05) is 0 Å². The van der Waals surface area contributed by atoms with Crippen molar-refractivity contribution >= 4 is 6.47 Å². The molecule has 21 heavy (non-hydrogen) atoms. The Morgan fingerprint density at radius 1 is 1.29 bits per heavy atom. The average Bonchev–Trinajstić information content (AvgIpc) is 2.42. The first kappa shape index (κ1) is 18.4. The van der Waals surface area contributed by atoms with E-state index in [4.69, 9.17) is 4.74 Å². The minimum Gasteiger partial charge on any atom is -0.462 e. The number of rotatable bonds is 3. The van der Waals surface area contributed by atoms with Gasteiger partial charge in [0.05, 0.1) is 19.9 Å². The van der Waals surface area contributed by atoms with Gasteiger partial charge in [0.1, 0.15) is 5.60 Å². The smallest absolute Gasteiger partial charge is 0.293 e. The second-order valence-electron chi connectivity index (χ2n) is 6.57. The van der Waals surface area contributed by atoms with Crippen molar-refractivity contribution < 1.29 is 14.3 Å². The van der Waals surface area contributed by atoms with Gasteiger partial charge in [-0.25, -0.2) is 0 Å². The summed E-state index contributed by atoms with van der Waals surface area (Å²) in [4.78, 5) is 14.6. The third-order valence-corrected chi connectivity index (χ3v) is 3.50. The highest BCUT2D eigenvalue weighted by Crippen LogP contribution is 2.07. The molecule has 2 fully saturated rings. The third-order valence-electron chi connectivity index (χ3n) is 3.50. The molecule has 0 radical (unpaired) electrons. The molecule has 0 aliphatic carbocycles. The van der Waals surface area contributed by atoms with E-state index in [2.05, 4.69) is 26.8 Å². The molecule has 124 valence electrons. The molecule has 2 saturated heterocycles. The summed E-state index contributed by atoms with van der Waals surface area (Å²) in [5, 5.41) is 3.38. The van der Waals surface area contributed by atoms with Gasteiger partial charge in [-0.15, -0.1) is 0 Å². The lowest BCUT2D eigenvalue weighted by atomic mass is 10.2. The van der Waals surface area contributed by atoms with Gasteiger partial charge in [0, 0.05) is 38.8 Å². The number of piperazine rings is 1. The lowest BCUT2D eigenvalue weighted by molar-refractivity contribution is -0.138. The number of carbonyl (C=O) groups is 1. The Bertz CT molecular complexity index is 288. The van der Waals surface area contributed by atoms with Crippen molar-refractivity contribution in [2.45, 2.75) is 39.3 Å².